The Morgan fingerprint density at radius 3 is 2.82 bits per heavy atom. The third-order valence-electron chi connectivity index (χ3n) is 4.37. The molecule has 1 heterocycles. The molecule has 5 nitrogen and oxygen atoms in total. The third kappa shape index (κ3) is 3.54. The van der Waals surface area contributed by atoms with Gasteiger partial charge in [-0.15, -0.1) is 0 Å². The quantitative estimate of drug-likeness (QED) is 0.467. The summed E-state index contributed by atoms with van der Waals surface area (Å²) in [5.41, 5.74) is 0.122. The molecule has 3 rings (SSSR count). The van der Waals surface area contributed by atoms with Crippen LogP contribution in [-0.4, -0.2) is 35.1 Å². The zero-order chi connectivity index (χ0) is 15.5. The number of epoxide rings is 1. The van der Waals surface area contributed by atoms with Gasteiger partial charge in [0, 0.05) is 6.08 Å². The molecule has 0 unspecified atom stereocenters. The minimum absolute atomic E-state index is 0.122. The predicted molar refractivity (Wildman–Crippen MR) is 80.8 cm³/mol. The molecule has 0 aromatic rings. The van der Waals surface area contributed by atoms with Gasteiger partial charge in [0.15, 0.2) is 6.10 Å². The summed E-state index contributed by atoms with van der Waals surface area (Å²) in [6.45, 7) is 0. The van der Waals surface area contributed by atoms with Gasteiger partial charge in [0.1, 0.15) is 12.2 Å². The van der Waals surface area contributed by atoms with Gasteiger partial charge in [0.2, 0.25) is 11.7 Å². The molecule has 2 fully saturated rings. The number of fused-ring (bicyclic) bond motifs is 1. The monoisotopic (exact) mass is 303 g/mol. The summed E-state index contributed by atoms with van der Waals surface area (Å²) in [5.74, 6) is -0.0304. The average molecular weight is 303 g/mol. The summed E-state index contributed by atoms with van der Waals surface area (Å²) in [6, 6.07) is 0. The summed E-state index contributed by atoms with van der Waals surface area (Å²) in [4.78, 5) is 23.6. The fraction of sp³-hybridized carbons (Fsp3) is 0.529. The summed E-state index contributed by atoms with van der Waals surface area (Å²) in [7, 11) is 0. The summed E-state index contributed by atoms with van der Waals surface area (Å²) in [5, 5.41) is 12.2. The van der Waals surface area contributed by atoms with Crippen molar-refractivity contribution in [2.75, 3.05) is 0 Å². The average Bonchev–Trinajstić information content (AvgIpc) is 3.31. The molecule has 1 saturated heterocycles. The van der Waals surface area contributed by atoms with Crippen molar-refractivity contribution in [3.8, 4) is 0 Å². The number of carbonyl (C=O) groups excluding carboxylic acids is 2. The van der Waals surface area contributed by atoms with Crippen molar-refractivity contribution in [2.45, 2.75) is 50.4 Å². The number of aliphatic hydroxyl groups excluding tert-OH is 1. The Balaban J connectivity index is 1.48. The van der Waals surface area contributed by atoms with Crippen LogP contribution in [0.25, 0.3) is 0 Å². The molecule has 3 atom stereocenters. The van der Waals surface area contributed by atoms with Gasteiger partial charge in [-0.3, -0.25) is 9.59 Å². The van der Waals surface area contributed by atoms with Crippen molar-refractivity contribution in [3.05, 3.63) is 36.1 Å². The highest BCUT2D eigenvalue weighted by molar-refractivity contribution is 6.06. The molecular formula is C17H21NO4. The number of amides is 1. The van der Waals surface area contributed by atoms with E-state index in [4.69, 9.17) is 4.74 Å². The second kappa shape index (κ2) is 6.58. The van der Waals surface area contributed by atoms with Gasteiger partial charge in [-0.2, -0.15) is 0 Å². The van der Waals surface area contributed by atoms with E-state index in [0.717, 1.165) is 0 Å². The van der Waals surface area contributed by atoms with E-state index in [1.807, 2.05) is 6.08 Å². The van der Waals surface area contributed by atoms with Gasteiger partial charge >= 0.3 is 0 Å². The first-order valence-electron chi connectivity index (χ1n) is 7.90. The van der Waals surface area contributed by atoms with Crippen LogP contribution in [0.15, 0.2) is 36.1 Å². The molecule has 3 aliphatic rings. The maximum atomic E-state index is 11.8. The third-order valence-corrected chi connectivity index (χ3v) is 4.37. The second-order valence-electron chi connectivity index (χ2n) is 6.09. The van der Waals surface area contributed by atoms with E-state index in [0.29, 0.717) is 5.92 Å². The molecule has 0 radical (unpaired) electrons. The van der Waals surface area contributed by atoms with E-state index in [9.17, 15) is 14.7 Å². The van der Waals surface area contributed by atoms with Gasteiger partial charge < -0.3 is 15.2 Å². The molecule has 0 aromatic carbocycles. The van der Waals surface area contributed by atoms with Crippen molar-refractivity contribution >= 4 is 11.7 Å². The van der Waals surface area contributed by atoms with Crippen molar-refractivity contribution in [1.82, 2.24) is 5.32 Å². The van der Waals surface area contributed by atoms with Crippen LogP contribution in [0.4, 0.5) is 0 Å². The minimum Gasteiger partial charge on any atom is -0.386 e. The minimum atomic E-state index is -0.826. The lowest BCUT2D eigenvalue weighted by Gasteiger charge is -2.17. The maximum absolute atomic E-state index is 11.8. The zero-order valence-corrected chi connectivity index (χ0v) is 12.4. The van der Waals surface area contributed by atoms with Crippen molar-refractivity contribution in [2.24, 2.45) is 5.92 Å². The molecule has 2 aliphatic carbocycles. The van der Waals surface area contributed by atoms with Crippen molar-refractivity contribution < 1.29 is 19.4 Å². The fourth-order valence-electron chi connectivity index (χ4n) is 3.06. The van der Waals surface area contributed by atoms with Crippen LogP contribution in [0.3, 0.4) is 0 Å². The van der Waals surface area contributed by atoms with Crippen LogP contribution in [-0.2, 0) is 14.3 Å². The standard InChI is InChI=1S/C17H21NO4/c19-13-10-12(15(21)17-16(13)22-17)18-14(20)9-5-4-8-11-6-2-1-3-7-11/h4-5,8-11,13,16-17,19H,1-3,6-7H2,(H,18,20)/b8-4+,9-5+/t13-,16-,17+/m1/s1. The van der Waals surface area contributed by atoms with E-state index in [-0.39, 0.29) is 17.4 Å². The number of ketones is 1. The first-order chi connectivity index (χ1) is 10.6. The molecule has 1 amide bonds. The van der Waals surface area contributed by atoms with Crippen LogP contribution < -0.4 is 5.32 Å². The fourth-order valence-corrected chi connectivity index (χ4v) is 3.06. The van der Waals surface area contributed by atoms with Gasteiger partial charge in [-0.05, 0) is 24.8 Å². The van der Waals surface area contributed by atoms with Crippen molar-refractivity contribution in [1.29, 1.82) is 0 Å². The lowest BCUT2D eigenvalue weighted by Crippen LogP contribution is -2.35. The molecular weight excluding hydrogens is 282 g/mol. The van der Waals surface area contributed by atoms with E-state index in [2.05, 4.69) is 11.4 Å². The summed E-state index contributed by atoms with van der Waals surface area (Å²) < 4.78 is 5.05. The topological polar surface area (TPSA) is 78.9 Å². The second-order valence-corrected chi connectivity index (χ2v) is 6.09. The molecule has 1 saturated carbocycles. The highest BCUT2D eigenvalue weighted by Gasteiger charge is 2.53. The number of rotatable bonds is 4. The highest BCUT2D eigenvalue weighted by Crippen LogP contribution is 2.33. The molecule has 118 valence electrons. The normalized spacial score (nSPS) is 32.1. The number of hydrogen-bond acceptors (Lipinski definition) is 4. The number of nitrogens with one attached hydrogen (secondary N) is 1. The molecule has 0 bridgehead atoms. The van der Waals surface area contributed by atoms with Crippen LogP contribution in [0.5, 0.6) is 0 Å². The van der Waals surface area contributed by atoms with Crippen molar-refractivity contribution in [3.63, 3.8) is 0 Å². The predicted octanol–water partition coefficient (Wildman–Crippen LogP) is 1.39. The number of ether oxygens (including phenoxy) is 1. The lowest BCUT2D eigenvalue weighted by molar-refractivity contribution is -0.121. The Morgan fingerprint density at radius 1 is 1.27 bits per heavy atom. The SMILES string of the molecule is O=C(/C=C/C=C/C1CCCCC1)NC1=C[C@@H](O)[C@H]2O[C@H]2C1=O. The van der Waals surface area contributed by atoms with Gasteiger partial charge in [-0.25, -0.2) is 0 Å². The van der Waals surface area contributed by atoms with Gasteiger partial charge in [0.25, 0.3) is 0 Å². The molecule has 2 N–H and O–H groups in total. The Bertz CT molecular complexity index is 543. The smallest absolute Gasteiger partial charge is 0.248 e. The van der Waals surface area contributed by atoms with Crippen LogP contribution in [0.1, 0.15) is 32.1 Å². The summed E-state index contributed by atoms with van der Waals surface area (Å²) >= 11 is 0. The maximum Gasteiger partial charge on any atom is 0.248 e. The van der Waals surface area contributed by atoms with E-state index in [1.165, 1.54) is 44.3 Å². The van der Waals surface area contributed by atoms with E-state index in [1.54, 1.807) is 6.08 Å². The van der Waals surface area contributed by atoms with Crippen LogP contribution in [0.2, 0.25) is 0 Å². The Labute approximate surface area is 129 Å². The van der Waals surface area contributed by atoms with Crippen LogP contribution >= 0.6 is 0 Å². The van der Waals surface area contributed by atoms with E-state index < -0.39 is 18.3 Å². The van der Waals surface area contributed by atoms with E-state index >= 15 is 0 Å². The number of hydrogen-bond donors (Lipinski definition) is 2. The molecule has 0 spiro atoms. The Morgan fingerprint density at radius 2 is 2.05 bits per heavy atom. The molecule has 22 heavy (non-hydrogen) atoms. The molecule has 1 aliphatic heterocycles. The van der Waals surface area contributed by atoms with Crippen LogP contribution in [0, 0.1) is 5.92 Å². The summed E-state index contributed by atoms with van der Waals surface area (Å²) in [6.07, 6.45) is 12.9. The first kappa shape index (κ1) is 15.2. The number of Topliss-reactive ketones (excluding diaryl/α,β-unsaturated/α-hetero) is 1. The highest BCUT2D eigenvalue weighted by atomic mass is 16.6. The number of allylic oxidation sites excluding steroid dienone is 3. The molecule has 0 aromatic heterocycles. The Hall–Kier alpha value is -1.72. The first-order valence-corrected chi connectivity index (χ1v) is 7.90. The largest absolute Gasteiger partial charge is 0.386 e. The number of aliphatic hydroxyl groups is 1. The van der Waals surface area contributed by atoms with Gasteiger partial charge in [-0.1, -0.05) is 37.5 Å². The lowest BCUT2D eigenvalue weighted by atomic mass is 9.89. The Kier molecular flexibility index (Phi) is 4.55. The van der Waals surface area contributed by atoms with Gasteiger partial charge in [0.05, 0.1) is 5.70 Å². The number of carbonyl (C=O) groups is 2. The zero-order valence-electron chi connectivity index (χ0n) is 12.4. The molecule has 5 heteroatoms.